The Morgan fingerprint density at radius 3 is 0.900 bits per heavy atom. The molecule has 0 aliphatic heterocycles. The average Bonchev–Trinajstić information content (AvgIpc) is 3.16. The molecule has 50 heavy (non-hydrogen) atoms. The number of nitrogens with zero attached hydrogens (tertiary/aromatic N) is 3. The molecule has 0 saturated carbocycles. The van der Waals surface area contributed by atoms with Gasteiger partial charge < -0.3 is 0 Å². The van der Waals surface area contributed by atoms with Gasteiger partial charge in [0.15, 0.2) is 0 Å². The van der Waals surface area contributed by atoms with Gasteiger partial charge in [-0.1, -0.05) is 158 Å². The van der Waals surface area contributed by atoms with Gasteiger partial charge in [-0.05, 0) is 65.8 Å². The van der Waals surface area contributed by atoms with Crippen LogP contribution in [0.15, 0.2) is 182 Å². The minimum atomic E-state index is -1.22. The summed E-state index contributed by atoms with van der Waals surface area (Å²) in [6.07, 6.45) is 1.05. The van der Waals surface area contributed by atoms with Crippen molar-refractivity contribution in [1.29, 1.82) is 0 Å². The van der Waals surface area contributed by atoms with Gasteiger partial charge in [0.1, 0.15) is 12.2 Å². The van der Waals surface area contributed by atoms with Gasteiger partial charge in [-0.25, -0.2) is 0 Å². The minimum absolute atomic E-state index is 0.320. The summed E-state index contributed by atoms with van der Waals surface area (Å²) in [6, 6.07) is 65.8. The molecule has 3 nitrogen and oxygen atoms in total. The van der Waals surface area contributed by atoms with Crippen molar-refractivity contribution >= 4 is 45.7 Å². The molecule has 0 aliphatic carbocycles. The fraction of sp³-hybridized carbons (Fsp3) is 0.196. The van der Waals surface area contributed by atoms with Crippen LogP contribution in [-0.4, -0.2) is 40.2 Å². The fourth-order valence-electron chi connectivity index (χ4n) is 7.09. The average molecular weight is 658 g/mol. The highest BCUT2D eigenvalue weighted by Gasteiger charge is 2.31. The van der Waals surface area contributed by atoms with Gasteiger partial charge in [-0.15, -0.1) is 0 Å². The van der Waals surface area contributed by atoms with Crippen molar-refractivity contribution in [3.8, 4) is 0 Å². The molecule has 6 rings (SSSR count). The molecule has 0 aromatic heterocycles. The van der Waals surface area contributed by atoms with Crippen molar-refractivity contribution < 1.29 is 4.58 Å². The first-order chi connectivity index (χ1) is 24.3. The number of para-hydroxylation sites is 2. The number of benzene rings is 6. The Labute approximate surface area is 301 Å². The zero-order valence-electron chi connectivity index (χ0n) is 30.5. The van der Waals surface area contributed by atoms with Gasteiger partial charge in [-0.3, -0.25) is 4.58 Å². The lowest BCUT2D eigenvalue weighted by Crippen LogP contribution is -2.74. The lowest BCUT2D eigenvalue weighted by molar-refractivity contribution is -0.587. The topological polar surface area (TPSA) is 9.49 Å². The quantitative estimate of drug-likeness (QED) is 0.0456. The number of hydrogen-bond donors (Lipinski definition) is 0. The van der Waals surface area contributed by atoms with Crippen LogP contribution in [-0.2, 0) is 0 Å². The smallest absolute Gasteiger partial charge is 0.258 e. The summed E-state index contributed by atoms with van der Waals surface area (Å²) in [6.45, 7) is 13.4. The maximum Gasteiger partial charge on any atom is 0.258 e. The minimum Gasteiger partial charge on any atom is -0.262 e. The molecule has 0 amide bonds. The van der Waals surface area contributed by atoms with Crippen LogP contribution >= 0.6 is 0 Å². The van der Waals surface area contributed by atoms with Crippen molar-refractivity contribution in [1.82, 2.24) is 5.01 Å². The first-order valence-electron chi connectivity index (χ1n) is 18.0. The van der Waals surface area contributed by atoms with E-state index in [9.17, 15) is 0 Å². The number of hydrogen-bond acceptors (Lipinski definition) is 1. The Kier molecular flexibility index (Phi) is 12.5. The summed E-state index contributed by atoms with van der Waals surface area (Å²) in [4.78, 5) is 0. The molecule has 0 radical (unpaired) electrons. The summed E-state index contributed by atoms with van der Waals surface area (Å²) in [7, 11) is 0. The molecule has 0 unspecified atom stereocenters. The van der Waals surface area contributed by atoms with Crippen molar-refractivity contribution in [2.45, 2.75) is 59.7 Å². The van der Waals surface area contributed by atoms with E-state index in [0.717, 1.165) is 11.4 Å². The Morgan fingerprint density at radius 2 is 0.660 bits per heavy atom. The lowest BCUT2D eigenvalue weighted by Gasteiger charge is -2.44. The third kappa shape index (κ3) is 8.26. The maximum absolute atomic E-state index is 2.40. The fourth-order valence-corrected chi connectivity index (χ4v) is 7.09. The number of rotatable bonds is 11. The highest BCUT2D eigenvalue weighted by molar-refractivity contribution is 7.19. The molecule has 0 spiro atoms. The van der Waals surface area contributed by atoms with Gasteiger partial charge in [0.05, 0.1) is 23.5 Å². The number of hydrazine groups is 1. The van der Waals surface area contributed by atoms with E-state index >= 15 is 0 Å². The molecule has 0 bridgehead atoms. The van der Waals surface area contributed by atoms with E-state index in [2.05, 4.69) is 244 Å². The lowest BCUT2D eigenvalue weighted by atomic mass is 9.13. The Balaban J connectivity index is 0.000000194. The van der Waals surface area contributed by atoms with Crippen LogP contribution in [0.25, 0.3) is 0 Å². The molecule has 254 valence electrons. The van der Waals surface area contributed by atoms with Crippen molar-refractivity contribution in [2.24, 2.45) is 0 Å². The molecular weight excluding hydrogens is 605 g/mol. The molecule has 4 heteroatoms. The van der Waals surface area contributed by atoms with E-state index in [1.165, 1.54) is 21.9 Å². The van der Waals surface area contributed by atoms with Gasteiger partial charge in [0.2, 0.25) is 0 Å². The Hall–Kier alpha value is -5.35. The molecule has 6 aromatic carbocycles. The second kappa shape index (κ2) is 17.4. The third-order valence-corrected chi connectivity index (χ3v) is 9.40. The number of anilines is 2. The van der Waals surface area contributed by atoms with Gasteiger partial charge in [-0.2, -0.15) is 31.9 Å². The van der Waals surface area contributed by atoms with E-state index < -0.39 is 6.15 Å². The predicted octanol–water partition coefficient (Wildman–Crippen LogP) is 8.37. The van der Waals surface area contributed by atoms with E-state index in [-0.39, 0.29) is 0 Å². The normalized spacial score (nSPS) is 11.1. The molecule has 0 saturated heterocycles. The van der Waals surface area contributed by atoms with E-state index in [4.69, 9.17) is 0 Å². The highest BCUT2D eigenvalue weighted by Crippen LogP contribution is 2.27. The van der Waals surface area contributed by atoms with Crippen LogP contribution < -0.4 is 26.9 Å². The molecule has 0 atom stereocenters. The molecule has 6 aromatic rings. The first kappa shape index (κ1) is 35.9. The van der Waals surface area contributed by atoms with Crippen LogP contribution in [0.2, 0.25) is 0 Å². The third-order valence-electron chi connectivity index (χ3n) is 9.40. The maximum atomic E-state index is 2.40. The summed E-state index contributed by atoms with van der Waals surface area (Å²) >= 11 is 0. The zero-order chi connectivity index (χ0) is 35.3. The monoisotopic (exact) mass is 657 g/mol. The van der Waals surface area contributed by atoms with Gasteiger partial charge in [0, 0.05) is 0 Å². The van der Waals surface area contributed by atoms with Crippen LogP contribution in [0.1, 0.15) is 41.5 Å². The van der Waals surface area contributed by atoms with Crippen LogP contribution in [0, 0.1) is 0 Å². The van der Waals surface area contributed by atoms with E-state index in [1.807, 2.05) is 0 Å². The van der Waals surface area contributed by atoms with Crippen LogP contribution in [0.4, 0.5) is 11.4 Å². The SMILES string of the molecule is CC(C)N(C=[N+](C(C)C)C(C)C)N(c1ccccc1)c1ccccc1.c1ccc([B-](c2ccccc2)(c2ccccc2)c2ccccc2)cc1. The predicted molar refractivity (Wildman–Crippen MR) is 219 cm³/mol. The van der Waals surface area contributed by atoms with Gasteiger partial charge >= 0.3 is 0 Å². The molecule has 0 N–H and O–H groups in total. The van der Waals surface area contributed by atoms with Crippen LogP contribution in [0.3, 0.4) is 0 Å². The second-order valence-electron chi connectivity index (χ2n) is 13.7. The van der Waals surface area contributed by atoms with E-state index in [1.54, 1.807) is 0 Å². The Morgan fingerprint density at radius 1 is 0.400 bits per heavy atom. The van der Waals surface area contributed by atoms with Gasteiger partial charge in [0.25, 0.3) is 6.34 Å². The summed E-state index contributed by atoms with van der Waals surface area (Å²) in [5.74, 6) is 0. The molecule has 0 fully saturated rings. The van der Waals surface area contributed by atoms with Crippen molar-refractivity contribution in [3.05, 3.63) is 182 Å². The van der Waals surface area contributed by atoms with Crippen LogP contribution in [0.5, 0.6) is 0 Å². The molecule has 0 heterocycles. The van der Waals surface area contributed by atoms with E-state index in [0.29, 0.717) is 18.1 Å². The summed E-state index contributed by atoms with van der Waals surface area (Å²) in [5, 5.41) is 4.62. The second-order valence-corrected chi connectivity index (χ2v) is 13.7. The molecule has 0 aliphatic rings. The Bertz CT molecular complexity index is 1650. The van der Waals surface area contributed by atoms with Crippen molar-refractivity contribution in [2.75, 3.05) is 5.01 Å². The summed E-state index contributed by atoms with van der Waals surface area (Å²) in [5.41, 5.74) is 7.67. The largest absolute Gasteiger partial charge is 0.262 e. The highest BCUT2D eigenvalue weighted by atomic mass is 15.6. The zero-order valence-corrected chi connectivity index (χ0v) is 30.5. The molecular formula is C46H52BN3. The summed E-state index contributed by atoms with van der Waals surface area (Å²) < 4.78 is 2.40. The standard InChI is InChI=1S/C24H20B.C22H32N3/c1-5-13-21(14-6-1)25(22-15-7-2-8-16-22,23-17-9-3-10-18-23)24-19-11-4-12-20-24;1-18(2)23(19(3)4)17-24(20(5)6)25(21-13-9-7-10-14-21)22-15-11-8-12-16-22/h1-20H;7-20H,1-6H3/q-1;+1. The van der Waals surface area contributed by atoms with Crippen molar-refractivity contribution in [3.63, 3.8) is 0 Å². The first-order valence-corrected chi connectivity index (χ1v) is 18.0.